The van der Waals surface area contributed by atoms with Crippen molar-refractivity contribution in [3.05, 3.63) is 99.1 Å². The van der Waals surface area contributed by atoms with Gasteiger partial charge in [-0.05, 0) is 76.4 Å². The molecule has 0 atom stereocenters. The molecule has 4 nitrogen and oxygen atoms in total. The summed E-state index contributed by atoms with van der Waals surface area (Å²) in [5.74, 6) is -4.39. The molecular formula is C32H39F5N4. The Balaban J connectivity index is 0.000000142. The highest BCUT2D eigenvalue weighted by atomic mass is 19.2. The fourth-order valence-electron chi connectivity index (χ4n) is 5.24. The monoisotopic (exact) mass is 574 g/mol. The molecule has 41 heavy (non-hydrogen) atoms. The summed E-state index contributed by atoms with van der Waals surface area (Å²) in [5.41, 5.74) is 4.94. The van der Waals surface area contributed by atoms with Crippen molar-refractivity contribution in [3.63, 3.8) is 0 Å². The Kier molecular flexibility index (Phi) is 9.82. The van der Waals surface area contributed by atoms with E-state index in [9.17, 15) is 22.0 Å². The van der Waals surface area contributed by atoms with Crippen molar-refractivity contribution in [1.29, 1.82) is 0 Å². The van der Waals surface area contributed by atoms with Crippen molar-refractivity contribution in [2.75, 3.05) is 0 Å². The van der Waals surface area contributed by atoms with Gasteiger partial charge < -0.3 is 0 Å². The molecule has 1 aromatic heterocycles. The lowest BCUT2D eigenvalue weighted by Gasteiger charge is -2.18. The smallest absolute Gasteiger partial charge is 0.194 e. The molecule has 4 heterocycles. The van der Waals surface area contributed by atoms with Crippen LogP contribution in [0.4, 0.5) is 22.0 Å². The van der Waals surface area contributed by atoms with E-state index < -0.39 is 29.1 Å². The molecule has 0 bridgehead atoms. The van der Waals surface area contributed by atoms with E-state index in [1.54, 1.807) is 0 Å². The minimum Gasteiger partial charge on any atom is -0.292 e. The first-order valence-electron chi connectivity index (χ1n) is 14.1. The van der Waals surface area contributed by atoms with Crippen molar-refractivity contribution in [2.45, 2.75) is 98.9 Å². The lowest BCUT2D eigenvalue weighted by atomic mass is 10.1. The molecule has 3 aliphatic rings. The second-order valence-corrected chi connectivity index (χ2v) is 11.8. The first-order valence-corrected chi connectivity index (χ1v) is 14.1. The Bertz CT molecular complexity index is 1350. The maximum atomic E-state index is 13.4. The molecule has 0 saturated carbocycles. The van der Waals surface area contributed by atoms with Crippen molar-refractivity contribution < 1.29 is 22.0 Å². The molecule has 6 rings (SSSR count). The third kappa shape index (κ3) is 7.13. The van der Waals surface area contributed by atoms with E-state index in [4.69, 9.17) is 0 Å². The van der Waals surface area contributed by atoms with E-state index in [0.29, 0.717) is 55.0 Å². The van der Waals surface area contributed by atoms with Crippen LogP contribution in [0.25, 0.3) is 0 Å². The second-order valence-electron chi connectivity index (χ2n) is 11.8. The van der Waals surface area contributed by atoms with Gasteiger partial charge in [0.15, 0.2) is 17.5 Å². The van der Waals surface area contributed by atoms with Gasteiger partial charge in [0.1, 0.15) is 11.6 Å². The molecule has 0 spiro atoms. The lowest BCUT2D eigenvalue weighted by molar-refractivity contribution is 0.225. The highest BCUT2D eigenvalue weighted by Crippen LogP contribution is 2.30. The number of benzene rings is 2. The van der Waals surface area contributed by atoms with Gasteiger partial charge >= 0.3 is 0 Å². The topological polar surface area (TPSA) is 22.6 Å². The van der Waals surface area contributed by atoms with E-state index in [0.717, 1.165) is 30.8 Å². The predicted molar refractivity (Wildman–Crippen MR) is 150 cm³/mol. The number of hydrogen-bond donors (Lipinski definition) is 0. The van der Waals surface area contributed by atoms with Crippen LogP contribution in [0.2, 0.25) is 0 Å². The van der Waals surface area contributed by atoms with Crippen LogP contribution in [0.1, 0.15) is 75.1 Å². The Labute approximate surface area is 239 Å². The zero-order valence-corrected chi connectivity index (χ0v) is 24.6. The van der Waals surface area contributed by atoms with E-state index in [2.05, 4.69) is 48.5 Å². The molecule has 0 amide bonds. The Morgan fingerprint density at radius 2 is 1.12 bits per heavy atom. The highest BCUT2D eigenvalue weighted by Gasteiger charge is 2.28. The number of halogens is 5. The summed E-state index contributed by atoms with van der Waals surface area (Å²) >= 11 is 0. The summed E-state index contributed by atoms with van der Waals surface area (Å²) in [4.78, 5) is 10.9. The van der Waals surface area contributed by atoms with Gasteiger partial charge in [0, 0.05) is 80.8 Å². The SMILES string of the molecule is CC(C)N1Cc2cc(F)c(F)c(F)c2C1.CC(C)N1Cc2cc(F)cc(F)c2C1.CC(C)N1Cc2cccnc2C1. The van der Waals surface area contributed by atoms with Crippen LogP contribution in [0, 0.1) is 29.1 Å². The normalized spacial score (nSPS) is 16.4. The van der Waals surface area contributed by atoms with Gasteiger partial charge in [0.25, 0.3) is 0 Å². The fourth-order valence-corrected chi connectivity index (χ4v) is 5.24. The maximum absolute atomic E-state index is 13.4. The van der Waals surface area contributed by atoms with E-state index in [1.165, 1.54) is 17.3 Å². The zero-order chi connectivity index (χ0) is 30.0. The predicted octanol–water partition coefficient (Wildman–Crippen LogP) is 7.32. The van der Waals surface area contributed by atoms with Gasteiger partial charge in [-0.25, -0.2) is 22.0 Å². The zero-order valence-electron chi connectivity index (χ0n) is 24.6. The van der Waals surface area contributed by atoms with Crippen LogP contribution in [0.5, 0.6) is 0 Å². The summed E-state index contributed by atoms with van der Waals surface area (Å²) in [6.07, 6.45) is 1.88. The molecule has 0 aliphatic carbocycles. The summed E-state index contributed by atoms with van der Waals surface area (Å²) in [5, 5.41) is 0. The van der Waals surface area contributed by atoms with Crippen molar-refractivity contribution >= 4 is 0 Å². The minimum absolute atomic E-state index is 0.239. The molecule has 3 aliphatic heterocycles. The van der Waals surface area contributed by atoms with Gasteiger partial charge in [-0.2, -0.15) is 0 Å². The van der Waals surface area contributed by atoms with Gasteiger partial charge in [-0.1, -0.05) is 6.07 Å². The van der Waals surface area contributed by atoms with Crippen molar-refractivity contribution in [2.24, 2.45) is 0 Å². The molecule has 2 aromatic carbocycles. The number of hydrogen-bond acceptors (Lipinski definition) is 4. The summed E-state index contributed by atoms with van der Waals surface area (Å²) in [6, 6.07) is 8.90. The molecule has 3 aromatic rings. The molecular weight excluding hydrogens is 535 g/mol. The largest absolute Gasteiger partial charge is 0.292 e. The number of aromatic nitrogens is 1. The molecule has 0 radical (unpaired) electrons. The van der Waals surface area contributed by atoms with Gasteiger partial charge in [0.05, 0.1) is 5.69 Å². The van der Waals surface area contributed by atoms with Crippen LogP contribution in [0.3, 0.4) is 0 Å². The van der Waals surface area contributed by atoms with Crippen LogP contribution < -0.4 is 0 Å². The number of rotatable bonds is 3. The number of pyridine rings is 1. The van der Waals surface area contributed by atoms with Crippen molar-refractivity contribution in [3.8, 4) is 0 Å². The molecule has 0 saturated heterocycles. The van der Waals surface area contributed by atoms with Crippen LogP contribution in [0.15, 0.2) is 36.5 Å². The quantitative estimate of drug-likeness (QED) is 0.242. The third-order valence-corrected chi connectivity index (χ3v) is 7.98. The third-order valence-electron chi connectivity index (χ3n) is 7.98. The molecule has 9 heteroatoms. The standard InChI is InChI=1S/C11H12F3N.C11H13F2N.C10H14N2/c1-6(2)15-4-7-3-9(12)11(14)10(13)8(7)5-15;1-7(2)14-5-8-3-9(12)4-11(13)10(8)6-14;1-8(2)12-6-9-4-3-5-11-10(9)7-12/h3,6H,4-5H2,1-2H3;3-4,7H,5-6H2,1-2H3;3-5,8H,6-7H2,1-2H3. The van der Waals surface area contributed by atoms with Gasteiger partial charge in [0.2, 0.25) is 0 Å². The van der Waals surface area contributed by atoms with Crippen molar-refractivity contribution in [1.82, 2.24) is 19.7 Å². The maximum Gasteiger partial charge on any atom is 0.194 e. The van der Waals surface area contributed by atoms with E-state index in [1.807, 2.05) is 31.0 Å². The molecule has 0 unspecified atom stereocenters. The number of fused-ring (bicyclic) bond motifs is 3. The summed E-state index contributed by atoms with van der Waals surface area (Å²) in [7, 11) is 0. The average molecular weight is 575 g/mol. The molecule has 0 N–H and O–H groups in total. The van der Waals surface area contributed by atoms with Gasteiger partial charge in [-0.15, -0.1) is 0 Å². The Morgan fingerprint density at radius 3 is 1.71 bits per heavy atom. The molecule has 0 fully saturated rings. The highest BCUT2D eigenvalue weighted by molar-refractivity contribution is 5.34. The average Bonchev–Trinajstić information content (AvgIpc) is 3.65. The van der Waals surface area contributed by atoms with Crippen LogP contribution >= 0.6 is 0 Å². The van der Waals surface area contributed by atoms with E-state index in [-0.39, 0.29) is 6.04 Å². The molecule has 222 valence electrons. The lowest BCUT2D eigenvalue weighted by Crippen LogP contribution is -2.24. The first-order chi connectivity index (χ1) is 19.3. The fraction of sp³-hybridized carbons (Fsp3) is 0.469. The first kappa shape index (κ1) is 31.1. The Morgan fingerprint density at radius 1 is 0.585 bits per heavy atom. The second kappa shape index (κ2) is 13.0. The number of nitrogens with zero attached hydrogens (tertiary/aromatic N) is 4. The van der Waals surface area contributed by atoms with E-state index >= 15 is 0 Å². The summed E-state index contributed by atoms with van der Waals surface area (Å²) in [6.45, 7) is 16.7. The van der Waals surface area contributed by atoms with Gasteiger partial charge in [-0.3, -0.25) is 19.7 Å². The Hall–Kier alpha value is -2.88. The minimum atomic E-state index is -1.36. The summed E-state index contributed by atoms with van der Waals surface area (Å²) < 4.78 is 65.4. The van der Waals surface area contributed by atoms with Crippen LogP contribution in [-0.2, 0) is 39.3 Å². The van der Waals surface area contributed by atoms with Crippen LogP contribution in [-0.4, -0.2) is 37.8 Å².